The number of nitrogens with zero attached hydrogens (tertiary/aromatic N) is 1. The van der Waals surface area contributed by atoms with Crippen molar-refractivity contribution in [3.8, 4) is 0 Å². The van der Waals surface area contributed by atoms with Crippen LogP contribution in [-0.2, 0) is 4.79 Å². The first-order valence-corrected chi connectivity index (χ1v) is 6.61. The van der Waals surface area contributed by atoms with Crippen molar-refractivity contribution < 1.29 is 9.59 Å². The number of nitrogens with one attached hydrogen (secondary N) is 1. The first kappa shape index (κ1) is 13.5. The summed E-state index contributed by atoms with van der Waals surface area (Å²) in [5.74, 6) is 0.0490. The smallest absolute Gasteiger partial charge is 0.251 e. The van der Waals surface area contributed by atoms with Gasteiger partial charge >= 0.3 is 0 Å². The first-order valence-electron chi connectivity index (χ1n) is 6.61. The molecule has 0 spiro atoms. The lowest BCUT2D eigenvalue weighted by atomic mass is 10.2. The van der Waals surface area contributed by atoms with Crippen molar-refractivity contribution in [3.05, 3.63) is 29.8 Å². The van der Waals surface area contributed by atoms with E-state index >= 15 is 0 Å². The van der Waals surface area contributed by atoms with Gasteiger partial charge in [0.2, 0.25) is 5.91 Å². The molecule has 1 aromatic carbocycles. The Labute approximate surface area is 112 Å². The van der Waals surface area contributed by atoms with Crippen LogP contribution in [-0.4, -0.2) is 31.4 Å². The number of hydrogen-bond donors (Lipinski definition) is 2. The Morgan fingerprint density at radius 2 is 2.05 bits per heavy atom. The van der Waals surface area contributed by atoms with Gasteiger partial charge in [0.1, 0.15) is 0 Å². The van der Waals surface area contributed by atoms with Gasteiger partial charge in [-0.1, -0.05) is 0 Å². The van der Waals surface area contributed by atoms with Crippen LogP contribution >= 0.6 is 0 Å². The van der Waals surface area contributed by atoms with E-state index < -0.39 is 0 Å². The Bertz CT molecular complexity index is 456. The first-order chi connectivity index (χ1) is 9.22. The molecule has 0 aliphatic carbocycles. The molecule has 0 saturated carbocycles. The minimum atomic E-state index is -0.104. The van der Waals surface area contributed by atoms with Crippen molar-refractivity contribution >= 4 is 17.5 Å². The molecule has 0 unspecified atom stereocenters. The van der Waals surface area contributed by atoms with Crippen molar-refractivity contribution in [2.24, 2.45) is 5.73 Å². The molecule has 1 fully saturated rings. The van der Waals surface area contributed by atoms with Crippen LogP contribution in [0.15, 0.2) is 24.3 Å². The largest absolute Gasteiger partial charge is 0.352 e. The Balaban J connectivity index is 1.98. The van der Waals surface area contributed by atoms with Gasteiger partial charge in [-0.15, -0.1) is 0 Å². The number of amides is 2. The molecule has 1 aromatic rings. The molecule has 5 heteroatoms. The Morgan fingerprint density at radius 1 is 1.32 bits per heavy atom. The highest BCUT2D eigenvalue weighted by atomic mass is 16.2. The van der Waals surface area contributed by atoms with Gasteiger partial charge in [-0.25, -0.2) is 0 Å². The van der Waals surface area contributed by atoms with E-state index in [0.29, 0.717) is 25.1 Å². The van der Waals surface area contributed by atoms with Gasteiger partial charge in [-0.2, -0.15) is 0 Å². The van der Waals surface area contributed by atoms with Crippen molar-refractivity contribution in [1.82, 2.24) is 5.32 Å². The zero-order valence-electron chi connectivity index (χ0n) is 10.9. The molecule has 1 saturated heterocycles. The molecule has 2 amide bonds. The predicted molar refractivity (Wildman–Crippen MR) is 74.0 cm³/mol. The Morgan fingerprint density at radius 3 is 2.63 bits per heavy atom. The van der Waals surface area contributed by atoms with Crippen LogP contribution in [0.5, 0.6) is 0 Å². The van der Waals surface area contributed by atoms with E-state index in [1.54, 1.807) is 17.0 Å². The molecule has 19 heavy (non-hydrogen) atoms. The maximum absolute atomic E-state index is 11.8. The number of benzene rings is 1. The highest BCUT2D eigenvalue weighted by Crippen LogP contribution is 2.21. The van der Waals surface area contributed by atoms with Gasteiger partial charge in [0.05, 0.1) is 0 Å². The van der Waals surface area contributed by atoms with Gasteiger partial charge < -0.3 is 16.0 Å². The van der Waals surface area contributed by atoms with E-state index in [1.807, 2.05) is 12.1 Å². The van der Waals surface area contributed by atoms with E-state index in [0.717, 1.165) is 25.1 Å². The van der Waals surface area contributed by atoms with Crippen LogP contribution < -0.4 is 16.0 Å². The Hall–Kier alpha value is -1.88. The van der Waals surface area contributed by atoms with Crippen molar-refractivity contribution in [1.29, 1.82) is 0 Å². The van der Waals surface area contributed by atoms with E-state index in [2.05, 4.69) is 5.32 Å². The van der Waals surface area contributed by atoms with E-state index in [9.17, 15) is 9.59 Å². The topological polar surface area (TPSA) is 75.4 Å². The molecule has 102 valence electrons. The second-order valence-electron chi connectivity index (χ2n) is 4.59. The lowest BCUT2D eigenvalue weighted by molar-refractivity contribution is -0.117. The predicted octanol–water partition coefficient (Wildman–Crippen LogP) is 0.892. The number of nitrogens with two attached hydrogens (primary N) is 1. The van der Waals surface area contributed by atoms with Gasteiger partial charge in [0.25, 0.3) is 5.91 Å². The van der Waals surface area contributed by atoms with Crippen molar-refractivity contribution in [2.45, 2.75) is 19.3 Å². The fraction of sp³-hybridized carbons (Fsp3) is 0.429. The maximum atomic E-state index is 11.8. The average Bonchev–Trinajstić information content (AvgIpc) is 2.85. The fourth-order valence-corrected chi connectivity index (χ4v) is 2.12. The Kier molecular flexibility index (Phi) is 4.52. The molecule has 0 bridgehead atoms. The van der Waals surface area contributed by atoms with E-state index in [1.165, 1.54) is 0 Å². The van der Waals surface area contributed by atoms with Crippen LogP contribution in [0.1, 0.15) is 29.6 Å². The summed E-state index contributed by atoms with van der Waals surface area (Å²) in [5.41, 5.74) is 6.83. The third kappa shape index (κ3) is 3.32. The second kappa shape index (κ2) is 6.33. The third-order valence-corrected chi connectivity index (χ3v) is 3.18. The summed E-state index contributed by atoms with van der Waals surface area (Å²) in [6, 6.07) is 7.14. The van der Waals surface area contributed by atoms with Crippen molar-refractivity contribution in [2.75, 3.05) is 24.5 Å². The minimum absolute atomic E-state index is 0.104. The summed E-state index contributed by atoms with van der Waals surface area (Å²) in [7, 11) is 0. The lowest BCUT2D eigenvalue weighted by Crippen LogP contribution is -2.26. The molecule has 5 nitrogen and oxygen atoms in total. The maximum Gasteiger partial charge on any atom is 0.251 e. The van der Waals surface area contributed by atoms with E-state index in [-0.39, 0.29) is 11.8 Å². The standard InChI is InChI=1S/C14H19N3O2/c15-8-2-9-16-14(19)11-4-6-12(7-5-11)17-10-1-3-13(17)18/h4-7H,1-3,8-10,15H2,(H,16,19). The minimum Gasteiger partial charge on any atom is -0.352 e. The number of rotatable bonds is 5. The van der Waals surface area contributed by atoms with Crippen LogP contribution in [0.2, 0.25) is 0 Å². The van der Waals surface area contributed by atoms with Gasteiger partial charge in [-0.05, 0) is 43.7 Å². The summed E-state index contributed by atoms with van der Waals surface area (Å²) >= 11 is 0. The van der Waals surface area contributed by atoms with Crippen LogP contribution in [0.3, 0.4) is 0 Å². The normalized spacial score (nSPS) is 14.8. The fourth-order valence-electron chi connectivity index (χ4n) is 2.12. The van der Waals surface area contributed by atoms with Gasteiger partial charge in [-0.3, -0.25) is 9.59 Å². The number of hydrogen-bond acceptors (Lipinski definition) is 3. The lowest BCUT2D eigenvalue weighted by Gasteiger charge is -2.15. The summed E-state index contributed by atoms with van der Waals surface area (Å²) in [6.07, 6.45) is 2.29. The molecule has 0 radical (unpaired) electrons. The summed E-state index contributed by atoms with van der Waals surface area (Å²) in [5, 5.41) is 2.80. The van der Waals surface area contributed by atoms with Crippen molar-refractivity contribution in [3.63, 3.8) is 0 Å². The summed E-state index contributed by atoms with van der Waals surface area (Å²) < 4.78 is 0. The van der Waals surface area contributed by atoms with E-state index in [4.69, 9.17) is 5.73 Å². The SMILES string of the molecule is NCCCNC(=O)c1ccc(N2CCCC2=O)cc1. The number of carbonyl (C=O) groups is 2. The van der Waals surface area contributed by atoms with Gasteiger partial charge in [0.15, 0.2) is 0 Å². The molecule has 0 atom stereocenters. The molecule has 0 aromatic heterocycles. The molecular formula is C14H19N3O2. The molecule has 1 aliphatic heterocycles. The van der Waals surface area contributed by atoms with Crippen LogP contribution in [0.25, 0.3) is 0 Å². The zero-order chi connectivity index (χ0) is 13.7. The van der Waals surface area contributed by atoms with Crippen LogP contribution in [0.4, 0.5) is 5.69 Å². The van der Waals surface area contributed by atoms with Gasteiger partial charge in [0, 0.05) is 30.8 Å². The zero-order valence-corrected chi connectivity index (χ0v) is 10.9. The molecule has 1 aliphatic rings. The average molecular weight is 261 g/mol. The number of anilines is 1. The third-order valence-electron chi connectivity index (χ3n) is 3.18. The quantitative estimate of drug-likeness (QED) is 0.773. The number of carbonyl (C=O) groups excluding carboxylic acids is 2. The monoisotopic (exact) mass is 261 g/mol. The molecule has 3 N–H and O–H groups in total. The molecule has 1 heterocycles. The highest BCUT2D eigenvalue weighted by molar-refractivity contribution is 5.97. The summed E-state index contributed by atoms with van der Waals surface area (Å²) in [6.45, 7) is 1.92. The summed E-state index contributed by atoms with van der Waals surface area (Å²) in [4.78, 5) is 25.1. The highest BCUT2D eigenvalue weighted by Gasteiger charge is 2.21. The second-order valence-corrected chi connectivity index (χ2v) is 4.59. The molecular weight excluding hydrogens is 242 g/mol. The molecule has 2 rings (SSSR count). The van der Waals surface area contributed by atoms with Crippen LogP contribution in [0, 0.1) is 0 Å².